The van der Waals surface area contributed by atoms with Gasteiger partial charge >= 0.3 is 0 Å². The minimum absolute atomic E-state index is 0.406. The second-order valence-corrected chi connectivity index (χ2v) is 3.90. The van der Waals surface area contributed by atoms with Crippen LogP contribution in [0.25, 0.3) is 0 Å². The van der Waals surface area contributed by atoms with Crippen molar-refractivity contribution in [3.8, 4) is 0 Å². The van der Waals surface area contributed by atoms with E-state index >= 15 is 0 Å². The van der Waals surface area contributed by atoms with E-state index in [4.69, 9.17) is 10.7 Å². The molecule has 6 heteroatoms. The zero-order chi connectivity index (χ0) is 7.61. The monoisotopic (exact) mass is 182 g/mol. The lowest BCUT2D eigenvalue weighted by molar-refractivity contribution is 0.277. The van der Waals surface area contributed by atoms with E-state index < -0.39 is 14.1 Å². The minimum Gasteiger partial charge on any atom is -0.465 e. The second-order valence-electron chi connectivity index (χ2n) is 1.40. The van der Waals surface area contributed by atoms with Crippen molar-refractivity contribution in [2.24, 2.45) is 0 Å². The van der Waals surface area contributed by atoms with Crippen molar-refractivity contribution in [2.45, 2.75) is 0 Å². The summed E-state index contributed by atoms with van der Waals surface area (Å²) >= 11 is 0. The van der Waals surface area contributed by atoms with Gasteiger partial charge in [0.1, 0.15) is 18.8 Å². The minimum atomic E-state index is -3.79. The molecule has 0 spiro atoms. The summed E-state index contributed by atoms with van der Waals surface area (Å²) in [4.78, 5) is 0. The average molecular weight is 183 g/mol. The molecule has 0 unspecified atom stereocenters. The Balaban J connectivity index is 2.86. The van der Waals surface area contributed by atoms with Crippen LogP contribution in [0, 0.1) is 0 Å². The number of rotatable bonds is 1. The van der Waals surface area contributed by atoms with Gasteiger partial charge in [-0.2, -0.15) is 0 Å². The van der Waals surface area contributed by atoms with Crippen LogP contribution in [0.15, 0.2) is 23.9 Å². The summed E-state index contributed by atoms with van der Waals surface area (Å²) in [6, 6.07) is 0. The highest BCUT2D eigenvalue weighted by atomic mass is 35.7. The highest BCUT2D eigenvalue weighted by Gasteiger charge is 2.17. The van der Waals surface area contributed by atoms with E-state index in [0.717, 1.165) is 12.5 Å². The topological polar surface area (TPSA) is 52.6 Å². The lowest BCUT2D eigenvalue weighted by Gasteiger charge is -2.04. The predicted molar refractivity (Wildman–Crippen MR) is 34.2 cm³/mol. The second kappa shape index (κ2) is 2.51. The van der Waals surface area contributed by atoms with Gasteiger partial charge in [0.2, 0.25) is 0 Å². The maximum absolute atomic E-state index is 10.4. The van der Waals surface area contributed by atoms with E-state index in [1.165, 1.54) is 6.26 Å². The Kier molecular flexibility index (Phi) is 1.87. The Hall–Kier alpha value is -0.680. The van der Waals surface area contributed by atoms with Crippen molar-refractivity contribution in [3.05, 3.63) is 23.9 Å². The maximum atomic E-state index is 10.4. The summed E-state index contributed by atoms with van der Waals surface area (Å²) < 4.78 is 29.8. The first-order valence-corrected chi connectivity index (χ1v) is 4.53. The van der Waals surface area contributed by atoms with Gasteiger partial charge in [0.15, 0.2) is 0 Å². The van der Waals surface area contributed by atoms with E-state index in [2.05, 4.69) is 9.47 Å². The molecule has 1 heterocycles. The third kappa shape index (κ3) is 1.65. The molecule has 0 fully saturated rings. The number of halogens is 1. The third-order valence-electron chi connectivity index (χ3n) is 0.723. The van der Waals surface area contributed by atoms with Gasteiger partial charge in [0.05, 0.1) is 0 Å². The molecule has 0 atom stereocenters. The lowest BCUT2D eigenvalue weighted by atomic mass is 10.9. The fourth-order valence-electron chi connectivity index (χ4n) is 0.364. The summed E-state index contributed by atoms with van der Waals surface area (Å²) in [7, 11) is 1.09. The molecule has 1 aliphatic heterocycles. The molecule has 0 radical (unpaired) electrons. The van der Waals surface area contributed by atoms with Crippen LogP contribution in [0.2, 0.25) is 0 Å². The van der Waals surface area contributed by atoms with Crippen LogP contribution < -0.4 is 0 Å². The molecule has 0 bridgehead atoms. The van der Waals surface area contributed by atoms with Crippen molar-refractivity contribution in [1.82, 2.24) is 0 Å². The predicted octanol–water partition coefficient (Wildman–Crippen LogP) is 0.872. The Morgan fingerprint density at radius 3 is 2.40 bits per heavy atom. The molecule has 0 saturated carbocycles. The normalized spacial score (nSPS) is 17.1. The van der Waals surface area contributed by atoms with E-state index in [1.807, 2.05) is 0 Å². The smallest absolute Gasteiger partial charge is 0.297 e. The first kappa shape index (κ1) is 7.43. The van der Waals surface area contributed by atoms with Crippen LogP contribution in [0.4, 0.5) is 0 Å². The molecule has 0 amide bonds. The Morgan fingerprint density at radius 1 is 1.40 bits per heavy atom. The van der Waals surface area contributed by atoms with Crippen LogP contribution >= 0.6 is 10.7 Å². The largest absolute Gasteiger partial charge is 0.465 e. The molecular formula is C4H3ClO4S. The standard InChI is InChI=1S/C4H3ClO4S/c5-10(6,7)4-3-8-1-2-9-4/h1-3H. The van der Waals surface area contributed by atoms with E-state index in [-0.39, 0.29) is 0 Å². The van der Waals surface area contributed by atoms with Crippen molar-refractivity contribution in [2.75, 3.05) is 0 Å². The summed E-state index contributed by atoms with van der Waals surface area (Å²) in [5, 5.41) is -0.406. The first-order valence-electron chi connectivity index (χ1n) is 2.23. The molecule has 0 saturated heterocycles. The van der Waals surface area contributed by atoms with Gasteiger partial charge in [-0.1, -0.05) is 0 Å². The fraction of sp³-hybridized carbons (Fsp3) is 0. The molecule has 56 valence electrons. The van der Waals surface area contributed by atoms with Crippen LogP contribution in [0.1, 0.15) is 0 Å². The van der Waals surface area contributed by atoms with Crippen molar-refractivity contribution in [3.63, 3.8) is 0 Å². The van der Waals surface area contributed by atoms with Crippen LogP contribution in [-0.2, 0) is 18.5 Å². The van der Waals surface area contributed by atoms with E-state index in [0.29, 0.717) is 0 Å². The molecule has 1 aliphatic rings. The van der Waals surface area contributed by atoms with Crippen LogP contribution in [0.5, 0.6) is 0 Å². The van der Waals surface area contributed by atoms with Gasteiger partial charge in [-0.25, -0.2) is 8.42 Å². The SMILES string of the molecule is O=S(=O)(Cl)C1=COC=CO1. The van der Waals surface area contributed by atoms with Crippen molar-refractivity contribution >= 4 is 19.7 Å². The molecule has 0 aromatic rings. The van der Waals surface area contributed by atoms with Gasteiger partial charge < -0.3 is 9.47 Å². The third-order valence-corrected chi connectivity index (χ3v) is 1.85. The zero-order valence-electron chi connectivity index (χ0n) is 4.65. The Labute approximate surface area is 62.1 Å². The van der Waals surface area contributed by atoms with E-state index in [1.54, 1.807) is 0 Å². The Morgan fingerprint density at radius 2 is 2.10 bits per heavy atom. The van der Waals surface area contributed by atoms with Crippen molar-refractivity contribution < 1.29 is 17.9 Å². The summed E-state index contributed by atoms with van der Waals surface area (Å²) in [6.45, 7) is 0. The fourth-order valence-corrected chi connectivity index (χ4v) is 0.924. The molecule has 0 aromatic heterocycles. The Bertz CT molecular complexity index is 276. The van der Waals surface area contributed by atoms with Crippen LogP contribution in [0.3, 0.4) is 0 Å². The number of hydrogen-bond acceptors (Lipinski definition) is 4. The van der Waals surface area contributed by atoms with Gasteiger partial charge in [-0.3, -0.25) is 0 Å². The first-order chi connectivity index (χ1) is 4.61. The lowest BCUT2D eigenvalue weighted by Crippen LogP contribution is -1.99. The zero-order valence-corrected chi connectivity index (χ0v) is 6.22. The highest BCUT2D eigenvalue weighted by molar-refractivity contribution is 8.16. The molecule has 1 rings (SSSR count). The van der Waals surface area contributed by atoms with Crippen LogP contribution in [-0.4, -0.2) is 8.42 Å². The molecule has 0 aliphatic carbocycles. The number of ether oxygens (including phenoxy) is 2. The summed E-state index contributed by atoms with van der Waals surface area (Å²) in [5.41, 5.74) is 0. The maximum Gasteiger partial charge on any atom is 0.297 e. The molecule has 4 nitrogen and oxygen atoms in total. The molecular weight excluding hydrogens is 180 g/mol. The molecule has 10 heavy (non-hydrogen) atoms. The van der Waals surface area contributed by atoms with Gasteiger partial charge in [-0.05, 0) is 0 Å². The summed E-state index contributed by atoms with van der Waals surface area (Å²) in [6.07, 6.45) is 3.17. The quantitative estimate of drug-likeness (QED) is 0.565. The van der Waals surface area contributed by atoms with E-state index in [9.17, 15) is 8.42 Å². The molecule has 0 aromatic carbocycles. The van der Waals surface area contributed by atoms with Gasteiger partial charge in [0, 0.05) is 10.7 Å². The number of hydrogen-bond donors (Lipinski definition) is 0. The summed E-state index contributed by atoms with van der Waals surface area (Å²) in [5.74, 6) is 0. The average Bonchev–Trinajstić information content (AvgIpc) is 1.88. The van der Waals surface area contributed by atoms with Crippen molar-refractivity contribution in [1.29, 1.82) is 0 Å². The van der Waals surface area contributed by atoms with Gasteiger partial charge in [0.25, 0.3) is 14.1 Å². The van der Waals surface area contributed by atoms with Gasteiger partial charge in [-0.15, -0.1) is 0 Å². The molecule has 0 N–H and O–H groups in total. The highest BCUT2D eigenvalue weighted by Crippen LogP contribution is 2.16.